The normalized spacial score (nSPS) is 16.0. The Hall–Kier alpha value is -7.88. The summed E-state index contributed by atoms with van der Waals surface area (Å²) in [7, 11) is 1.71. The van der Waals surface area contributed by atoms with Crippen molar-refractivity contribution in [1.29, 1.82) is 0 Å². The number of benzene rings is 5. The van der Waals surface area contributed by atoms with Gasteiger partial charge in [-0.25, -0.2) is 24.0 Å². The standard InChI is InChI=1S/C53H44F12O15/c1-30-27-36(78-43(69)47(73-4,51(57,58)59)33-21-13-8-14-22-33)28-38(79-44(70)48(74-5,52(60,61)62)34-23-15-9-16-24-34)39(30)41(67)76-29-37(66)40(80-45(71)49(75-6,53(63,64)65)35-25-17-10-18-26-35)31(2)77-42(68)46(72-3,50(54,55)56)32-19-11-7-12-20-32/h7-28,31,40H,29H2,1-6H3/t31-,40+,46+,47+,48+,49+/m0/s1. The van der Waals surface area contributed by atoms with Crippen molar-refractivity contribution >= 4 is 35.6 Å². The summed E-state index contributed by atoms with van der Waals surface area (Å²) in [6, 6.07) is 20.4. The zero-order valence-corrected chi connectivity index (χ0v) is 42.2. The van der Waals surface area contributed by atoms with Gasteiger partial charge in [0.1, 0.15) is 23.2 Å². The Morgan fingerprint density at radius 3 is 1.07 bits per heavy atom. The molecule has 0 heterocycles. The second-order valence-corrected chi connectivity index (χ2v) is 16.9. The first-order valence-electron chi connectivity index (χ1n) is 22.7. The predicted molar refractivity (Wildman–Crippen MR) is 248 cm³/mol. The minimum atomic E-state index is -5.78. The van der Waals surface area contributed by atoms with E-state index in [0.29, 0.717) is 41.4 Å². The van der Waals surface area contributed by atoms with Crippen LogP contribution in [0.25, 0.3) is 0 Å². The quantitative estimate of drug-likeness (QED) is 0.0292. The molecule has 0 saturated carbocycles. The highest BCUT2D eigenvalue weighted by Crippen LogP contribution is 2.48. The van der Waals surface area contributed by atoms with E-state index in [0.717, 1.165) is 104 Å². The third-order valence-corrected chi connectivity index (χ3v) is 12.2. The summed E-state index contributed by atoms with van der Waals surface area (Å²) in [4.78, 5) is 83.7. The second kappa shape index (κ2) is 24.2. The van der Waals surface area contributed by atoms with Gasteiger partial charge in [-0.15, -0.1) is 0 Å². The monoisotopic (exact) mass is 1150 g/mol. The van der Waals surface area contributed by atoms with E-state index < -0.39 is 146 Å². The first-order valence-corrected chi connectivity index (χ1v) is 22.7. The molecule has 0 saturated heterocycles. The van der Waals surface area contributed by atoms with Gasteiger partial charge in [-0.3, -0.25) is 4.79 Å². The number of carbonyl (C=O) groups is 6. The molecule has 430 valence electrons. The van der Waals surface area contributed by atoms with Crippen molar-refractivity contribution in [3.05, 3.63) is 167 Å². The number of hydrogen-bond donors (Lipinski definition) is 0. The van der Waals surface area contributed by atoms with Crippen LogP contribution in [0.3, 0.4) is 0 Å². The average molecular weight is 1150 g/mol. The van der Waals surface area contributed by atoms with Crippen molar-refractivity contribution in [2.75, 3.05) is 35.0 Å². The van der Waals surface area contributed by atoms with E-state index in [4.69, 9.17) is 33.2 Å². The number of methoxy groups -OCH3 is 4. The molecule has 6 atom stereocenters. The van der Waals surface area contributed by atoms with E-state index in [1.165, 1.54) is 24.3 Å². The molecule has 0 radical (unpaired) electrons. The van der Waals surface area contributed by atoms with Gasteiger partial charge in [0, 0.05) is 56.8 Å². The van der Waals surface area contributed by atoms with Crippen LogP contribution in [0.1, 0.15) is 45.1 Å². The number of hydrogen-bond acceptors (Lipinski definition) is 15. The lowest BCUT2D eigenvalue weighted by Crippen LogP contribution is -2.56. The van der Waals surface area contributed by atoms with Crippen molar-refractivity contribution in [3.63, 3.8) is 0 Å². The second-order valence-electron chi connectivity index (χ2n) is 16.9. The lowest BCUT2D eigenvalue weighted by molar-refractivity contribution is -0.284. The van der Waals surface area contributed by atoms with Crippen LogP contribution in [0.4, 0.5) is 52.7 Å². The highest BCUT2D eigenvalue weighted by atomic mass is 19.4. The Morgan fingerprint density at radius 2 is 0.750 bits per heavy atom. The number of halogens is 12. The summed E-state index contributed by atoms with van der Waals surface area (Å²) in [5.41, 5.74) is -21.8. The highest BCUT2D eigenvalue weighted by Gasteiger charge is 2.68. The third-order valence-electron chi connectivity index (χ3n) is 12.2. The molecule has 0 aliphatic carbocycles. The van der Waals surface area contributed by atoms with Crippen LogP contribution in [0.15, 0.2) is 133 Å². The molecule has 0 unspecified atom stereocenters. The number of Topliss-reactive ketones (excluding diaryl/α,β-unsaturated/α-hetero) is 1. The van der Waals surface area contributed by atoms with Crippen molar-refractivity contribution in [2.45, 2.75) is 73.2 Å². The van der Waals surface area contributed by atoms with Gasteiger partial charge in [0.15, 0.2) is 12.7 Å². The molecule has 5 aromatic rings. The van der Waals surface area contributed by atoms with Gasteiger partial charge in [-0.05, 0) is 25.5 Å². The molecule has 0 aliphatic rings. The molecular formula is C53H44F12O15. The number of carbonyl (C=O) groups excluding carboxylic acids is 6. The largest absolute Gasteiger partial charge is 0.456 e. The fourth-order valence-corrected chi connectivity index (χ4v) is 8.25. The molecule has 0 N–H and O–H groups in total. The summed E-state index contributed by atoms with van der Waals surface area (Å²) in [5, 5.41) is 0. The minimum absolute atomic E-state index is 0.261. The lowest BCUT2D eigenvalue weighted by atomic mass is 9.92. The Morgan fingerprint density at radius 1 is 0.438 bits per heavy atom. The Balaban J connectivity index is 1.64. The zero-order valence-electron chi connectivity index (χ0n) is 42.2. The molecule has 0 spiro atoms. The van der Waals surface area contributed by atoms with E-state index >= 15 is 26.3 Å². The highest BCUT2D eigenvalue weighted by molar-refractivity contribution is 5.99. The Labute approximate surface area is 445 Å². The average Bonchev–Trinajstić information content (AvgIpc) is 3.38. The van der Waals surface area contributed by atoms with Crippen molar-refractivity contribution in [1.82, 2.24) is 0 Å². The van der Waals surface area contributed by atoms with E-state index in [-0.39, 0.29) is 6.07 Å². The Bertz CT molecular complexity index is 3010. The smallest absolute Gasteiger partial charge is 0.432 e. The van der Waals surface area contributed by atoms with E-state index in [1.54, 1.807) is 0 Å². The fourth-order valence-electron chi connectivity index (χ4n) is 8.25. The van der Waals surface area contributed by atoms with Crippen LogP contribution < -0.4 is 9.47 Å². The van der Waals surface area contributed by atoms with Gasteiger partial charge in [-0.1, -0.05) is 121 Å². The molecule has 0 fully saturated rings. The maximum absolute atomic E-state index is 15.1. The van der Waals surface area contributed by atoms with Crippen LogP contribution in [-0.2, 0) is 79.5 Å². The van der Waals surface area contributed by atoms with Crippen molar-refractivity contribution < 1.29 is 124 Å². The number of rotatable bonds is 21. The van der Waals surface area contributed by atoms with Crippen molar-refractivity contribution in [3.8, 4) is 11.5 Å². The van der Waals surface area contributed by atoms with Gasteiger partial charge in [0.2, 0.25) is 5.78 Å². The molecule has 80 heavy (non-hydrogen) atoms. The summed E-state index contributed by atoms with van der Waals surface area (Å²) in [6.07, 6.45) is -28.5. The molecule has 0 aliphatic heterocycles. The molecule has 5 rings (SSSR count). The van der Waals surface area contributed by atoms with Gasteiger partial charge in [0.05, 0.1) is 0 Å². The van der Waals surface area contributed by atoms with Crippen LogP contribution in [-0.4, -0.2) is 108 Å². The fraction of sp³-hybridized carbons (Fsp3) is 0.321. The van der Waals surface area contributed by atoms with E-state index in [9.17, 15) is 55.1 Å². The van der Waals surface area contributed by atoms with Crippen LogP contribution in [0, 0.1) is 6.92 Å². The third kappa shape index (κ3) is 11.7. The zero-order chi connectivity index (χ0) is 59.9. The van der Waals surface area contributed by atoms with Gasteiger partial charge in [0.25, 0.3) is 22.4 Å². The summed E-state index contributed by atoms with van der Waals surface area (Å²) >= 11 is 0. The minimum Gasteiger partial charge on any atom is -0.456 e. The summed E-state index contributed by atoms with van der Waals surface area (Å²) in [6.45, 7) is -0.455. The topological polar surface area (TPSA) is 185 Å². The molecule has 15 nitrogen and oxygen atoms in total. The van der Waals surface area contributed by atoms with Gasteiger partial charge in [-0.2, -0.15) is 52.7 Å². The van der Waals surface area contributed by atoms with Crippen molar-refractivity contribution in [2.24, 2.45) is 0 Å². The summed E-state index contributed by atoms with van der Waals surface area (Å²) < 4.78 is 224. The number of aryl methyl sites for hydroxylation is 1. The van der Waals surface area contributed by atoms with E-state index in [2.05, 4.69) is 9.47 Å². The molecule has 0 aromatic heterocycles. The van der Waals surface area contributed by atoms with Crippen LogP contribution in [0.2, 0.25) is 0 Å². The molecular weight excluding hydrogens is 1100 g/mol. The maximum Gasteiger partial charge on any atom is 0.432 e. The Kier molecular flexibility index (Phi) is 19.1. The van der Waals surface area contributed by atoms with Crippen LogP contribution >= 0.6 is 0 Å². The number of alkyl halides is 12. The predicted octanol–water partition coefficient (Wildman–Crippen LogP) is 9.79. The molecule has 5 aromatic carbocycles. The maximum atomic E-state index is 15.1. The number of ether oxygens (including phenoxy) is 9. The number of ketones is 1. The lowest BCUT2D eigenvalue weighted by Gasteiger charge is -2.36. The first kappa shape index (κ1) is 63.0. The molecule has 0 bridgehead atoms. The SMILES string of the molecule is CO[C@@](C(=O)Oc1cc(C)c(C(=O)OCC(=O)[C@H](OC(=O)[C@](OC)(c2ccccc2)C(F)(F)F)[C@H](C)OC(=O)[C@](OC)(c2ccccc2)C(F)(F)F)c(OC(=O)[C@](OC)(c2ccccc2)C(F)(F)F)c1)(c1ccccc1)C(F)(F)F. The number of esters is 5. The molecule has 27 heteroatoms. The van der Waals surface area contributed by atoms with Crippen LogP contribution in [0.5, 0.6) is 11.5 Å². The summed E-state index contributed by atoms with van der Waals surface area (Å²) in [5.74, 6) is -16.0. The van der Waals surface area contributed by atoms with Gasteiger partial charge >= 0.3 is 54.6 Å². The van der Waals surface area contributed by atoms with E-state index in [1.807, 2.05) is 0 Å². The molecule has 0 amide bonds. The van der Waals surface area contributed by atoms with Gasteiger partial charge < -0.3 is 42.6 Å². The first-order chi connectivity index (χ1) is 37.3.